The fourth-order valence-corrected chi connectivity index (χ4v) is 4.83. The van der Waals surface area contributed by atoms with E-state index in [2.05, 4.69) is 0 Å². The van der Waals surface area contributed by atoms with Crippen LogP contribution < -0.4 is 10.7 Å². The molecule has 3 aromatic carbocycles. The number of nitrogens with zero attached hydrogens (tertiary/aromatic N) is 3. The predicted molar refractivity (Wildman–Crippen MR) is 135 cm³/mol. The number of aromatic nitrogens is 1. The molecule has 0 atom stereocenters. The summed E-state index contributed by atoms with van der Waals surface area (Å²) < 4.78 is 46.2. The second kappa shape index (κ2) is 9.72. The van der Waals surface area contributed by atoms with E-state index in [0.717, 1.165) is 12.1 Å². The van der Waals surface area contributed by atoms with Crippen molar-refractivity contribution < 1.29 is 22.4 Å². The molecule has 10 heteroatoms. The van der Waals surface area contributed by atoms with Gasteiger partial charge in [0.1, 0.15) is 0 Å². The number of ketones is 1. The fourth-order valence-electron chi connectivity index (χ4n) is 4.61. The molecule has 1 aliphatic heterocycles. The Morgan fingerprint density at radius 3 is 2.41 bits per heavy atom. The number of piperazine rings is 1. The first-order chi connectivity index (χ1) is 17.6. The van der Waals surface area contributed by atoms with Crippen LogP contribution in [0.2, 0.25) is 5.02 Å². The Kier molecular flexibility index (Phi) is 6.59. The Balaban J connectivity index is 1.33. The Hall–Kier alpha value is -3.56. The lowest BCUT2D eigenvalue weighted by Crippen LogP contribution is -2.47. The van der Waals surface area contributed by atoms with Crippen molar-refractivity contribution in [2.75, 3.05) is 31.1 Å². The zero-order valence-corrected chi connectivity index (χ0v) is 20.6. The maximum atomic E-state index is 13.1. The van der Waals surface area contributed by atoms with E-state index in [0.29, 0.717) is 64.7 Å². The molecule has 5 rings (SSSR count). The molecule has 4 aromatic rings. The molecule has 0 unspecified atom stereocenters. The van der Waals surface area contributed by atoms with Crippen molar-refractivity contribution in [3.63, 3.8) is 0 Å². The molecule has 0 radical (unpaired) electrons. The summed E-state index contributed by atoms with van der Waals surface area (Å²) in [4.78, 5) is 29.7. The van der Waals surface area contributed by atoms with Gasteiger partial charge in [0.15, 0.2) is 11.4 Å². The quantitative estimate of drug-likeness (QED) is 0.316. The van der Waals surface area contributed by atoms with Crippen LogP contribution >= 0.6 is 11.6 Å². The van der Waals surface area contributed by atoms with Crippen LogP contribution in [0.3, 0.4) is 0 Å². The lowest BCUT2D eigenvalue weighted by atomic mass is 9.98. The van der Waals surface area contributed by atoms with E-state index in [9.17, 15) is 22.8 Å². The zero-order chi connectivity index (χ0) is 26.3. The van der Waals surface area contributed by atoms with Crippen molar-refractivity contribution >= 4 is 34.2 Å². The monoisotopic (exact) mass is 529 g/mol. The molecule has 1 aromatic heterocycles. The summed E-state index contributed by atoms with van der Waals surface area (Å²) >= 11 is 6.20. The van der Waals surface area contributed by atoms with E-state index < -0.39 is 17.5 Å². The minimum atomic E-state index is -4.39. The lowest BCUT2D eigenvalue weighted by molar-refractivity contribution is -0.137. The van der Waals surface area contributed by atoms with Crippen LogP contribution in [0.1, 0.15) is 27.0 Å². The van der Waals surface area contributed by atoms with Crippen LogP contribution in [0, 0.1) is 6.92 Å². The minimum absolute atomic E-state index is 0.258. The van der Waals surface area contributed by atoms with Crippen LogP contribution in [0.5, 0.6) is 0 Å². The van der Waals surface area contributed by atoms with E-state index in [1.54, 1.807) is 49.4 Å². The minimum Gasteiger partial charge on any atom is -0.408 e. The average Bonchev–Trinajstić information content (AvgIpc) is 3.17. The maximum Gasteiger partial charge on any atom is 0.421 e. The molecule has 0 bridgehead atoms. The molecule has 1 saturated heterocycles. The summed E-state index contributed by atoms with van der Waals surface area (Å²) in [5.74, 6) is -0.803. The van der Waals surface area contributed by atoms with Gasteiger partial charge in [-0.05, 0) is 55.0 Å². The van der Waals surface area contributed by atoms with Gasteiger partial charge in [0, 0.05) is 43.0 Å². The first kappa shape index (κ1) is 25.1. The molecule has 0 N–H and O–H groups in total. The second-order valence-electron chi connectivity index (χ2n) is 9.03. The van der Waals surface area contributed by atoms with Gasteiger partial charge in [0.2, 0.25) is 0 Å². The number of hydrogen-bond acceptors (Lipinski definition) is 5. The number of fused-ring (bicyclic) bond motifs is 1. The highest BCUT2D eigenvalue weighted by Crippen LogP contribution is 2.32. The summed E-state index contributed by atoms with van der Waals surface area (Å²) in [7, 11) is 0. The van der Waals surface area contributed by atoms with Crippen molar-refractivity contribution in [1.82, 2.24) is 9.47 Å². The average molecular weight is 530 g/mol. The summed E-state index contributed by atoms with van der Waals surface area (Å²) in [5, 5.41) is 0.343. The van der Waals surface area contributed by atoms with Gasteiger partial charge in [-0.3, -0.25) is 14.3 Å². The second-order valence-corrected chi connectivity index (χ2v) is 9.44. The van der Waals surface area contributed by atoms with Crippen LogP contribution in [0.25, 0.3) is 11.1 Å². The summed E-state index contributed by atoms with van der Waals surface area (Å²) in [6.45, 7) is 4.19. The fraction of sp³-hybridized carbons (Fsp3) is 0.259. The Morgan fingerprint density at radius 2 is 1.70 bits per heavy atom. The highest BCUT2D eigenvalue weighted by Gasteiger charge is 2.31. The summed E-state index contributed by atoms with van der Waals surface area (Å²) in [6, 6.07) is 15.4. The molecule has 0 aliphatic carbocycles. The third-order valence-corrected chi connectivity index (χ3v) is 6.96. The van der Waals surface area contributed by atoms with Gasteiger partial charge in [-0.2, -0.15) is 13.2 Å². The van der Waals surface area contributed by atoms with Gasteiger partial charge in [0.05, 0.1) is 22.8 Å². The Bertz CT molecular complexity index is 1540. The van der Waals surface area contributed by atoms with Crippen LogP contribution in [0.4, 0.5) is 18.9 Å². The molecule has 0 amide bonds. The highest BCUT2D eigenvalue weighted by molar-refractivity contribution is 6.35. The third kappa shape index (κ3) is 5.01. The number of benzene rings is 3. The number of hydrogen-bond donors (Lipinski definition) is 0. The molecule has 1 aliphatic rings. The normalized spacial score (nSPS) is 14.9. The number of carbonyl (C=O) groups excluding carboxylic acids is 1. The number of carbonyl (C=O) groups is 1. The summed E-state index contributed by atoms with van der Waals surface area (Å²) in [6.07, 6.45) is -4.39. The first-order valence-corrected chi connectivity index (χ1v) is 12.1. The molecule has 1 fully saturated rings. The highest BCUT2D eigenvalue weighted by atomic mass is 35.5. The van der Waals surface area contributed by atoms with E-state index in [1.807, 2.05) is 9.80 Å². The van der Waals surface area contributed by atoms with E-state index in [4.69, 9.17) is 16.0 Å². The number of anilines is 1. The molecule has 2 heterocycles. The van der Waals surface area contributed by atoms with E-state index in [1.165, 1.54) is 10.6 Å². The maximum absolute atomic E-state index is 13.1. The molecule has 0 spiro atoms. The largest absolute Gasteiger partial charge is 0.421 e. The molecular formula is C27H23ClF3N3O3. The van der Waals surface area contributed by atoms with Crippen molar-refractivity contribution in [3.05, 3.63) is 98.5 Å². The predicted octanol–water partition coefficient (Wildman–Crippen LogP) is 5.59. The van der Waals surface area contributed by atoms with Crippen LogP contribution in [-0.2, 0) is 12.8 Å². The topological polar surface area (TPSA) is 58.7 Å². The molecule has 0 saturated carbocycles. The van der Waals surface area contributed by atoms with E-state index >= 15 is 0 Å². The number of oxazole rings is 1. The zero-order valence-electron chi connectivity index (χ0n) is 19.9. The lowest BCUT2D eigenvalue weighted by Gasteiger charge is -2.36. The van der Waals surface area contributed by atoms with Crippen molar-refractivity contribution in [3.8, 4) is 0 Å². The molecule has 192 valence electrons. The van der Waals surface area contributed by atoms with Gasteiger partial charge >= 0.3 is 11.9 Å². The number of aryl methyl sites for hydroxylation is 1. The number of rotatable bonds is 5. The van der Waals surface area contributed by atoms with Gasteiger partial charge in [-0.15, -0.1) is 0 Å². The van der Waals surface area contributed by atoms with Crippen molar-refractivity contribution in [1.29, 1.82) is 0 Å². The number of halogens is 4. The number of alkyl halides is 3. The Labute approximate surface area is 215 Å². The summed E-state index contributed by atoms with van der Waals surface area (Å²) in [5.41, 5.74) is 2.16. The van der Waals surface area contributed by atoms with Crippen LogP contribution in [-0.4, -0.2) is 41.4 Å². The van der Waals surface area contributed by atoms with E-state index in [-0.39, 0.29) is 12.5 Å². The molecule has 6 nitrogen and oxygen atoms in total. The first-order valence-electron chi connectivity index (χ1n) is 11.7. The van der Waals surface area contributed by atoms with Crippen LogP contribution in [0.15, 0.2) is 69.9 Å². The van der Waals surface area contributed by atoms with Crippen molar-refractivity contribution in [2.45, 2.75) is 19.8 Å². The molecular weight excluding hydrogens is 507 g/mol. The standard InChI is InChI=1S/C27H23ClF3N3O3/c1-17-13-23-24(15-21(17)25(35)20-7-2-3-8-22(20)28)37-26(36)34(23)16-32-9-11-33(12-10-32)19-6-4-5-18(14-19)27(29,30)31/h2-8,13-15H,9-12,16H2,1H3. The van der Waals surface area contributed by atoms with Gasteiger partial charge in [-0.1, -0.05) is 29.8 Å². The van der Waals surface area contributed by atoms with Gasteiger partial charge < -0.3 is 9.32 Å². The Morgan fingerprint density at radius 1 is 0.973 bits per heavy atom. The van der Waals surface area contributed by atoms with Crippen molar-refractivity contribution in [2.24, 2.45) is 0 Å². The molecule has 37 heavy (non-hydrogen) atoms. The van der Waals surface area contributed by atoms with Gasteiger partial charge in [0.25, 0.3) is 0 Å². The van der Waals surface area contributed by atoms with Gasteiger partial charge in [-0.25, -0.2) is 4.79 Å². The third-order valence-electron chi connectivity index (χ3n) is 6.63. The smallest absolute Gasteiger partial charge is 0.408 e. The SMILES string of the molecule is Cc1cc2c(cc1C(=O)c1ccccc1Cl)oc(=O)n2CN1CCN(c2cccc(C(F)(F)F)c2)CC1.